The van der Waals surface area contributed by atoms with Crippen LogP contribution in [0, 0.1) is 0 Å². The Kier molecular flexibility index (Phi) is 5.35. The molecule has 36 heavy (non-hydrogen) atoms. The quantitative estimate of drug-likeness (QED) is 0.518. The van der Waals surface area contributed by atoms with Gasteiger partial charge in [-0.05, 0) is 37.0 Å². The molecule has 2 fully saturated rings. The number of rotatable bonds is 5. The summed E-state index contributed by atoms with van der Waals surface area (Å²) in [6.45, 7) is 1.64. The summed E-state index contributed by atoms with van der Waals surface area (Å²) in [5, 5.41) is 10.6. The maximum absolute atomic E-state index is 13.2. The number of carbonyl (C=O) groups is 4. The molecule has 0 spiro atoms. The van der Waals surface area contributed by atoms with Crippen molar-refractivity contribution in [1.82, 2.24) is 39.7 Å². The number of carbonyl (C=O) groups excluding carboxylic acids is 4. The molecule has 0 bridgehead atoms. The predicted molar refractivity (Wildman–Crippen MR) is 124 cm³/mol. The van der Waals surface area contributed by atoms with Gasteiger partial charge in [0.05, 0.1) is 24.3 Å². The van der Waals surface area contributed by atoms with Gasteiger partial charge in [0, 0.05) is 44.0 Å². The Hall–Kier alpha value is -4.35. The lowest BCUT2D eigenvalue weighted by molar-refractivity contribution is -0.136. The maximum atomic E-state index is 13.2. The van der Waals surface area contributed by atoms with E-state index in [1.54, 1.807) is 30.9 Å². The molecule has 4 amide bonds. The van der Waals surface area contributed by atoms with E-state index in [-0.39, 0.29) is 35.9 Å². The first-order chi connectivity index (χ1) is 17.5. The van der Waals surface area contributed by atoms with Crippen molar-refractivity contribution in [3.05, 3.63) is 59.9 Å². The van der Waals surface area contributed by atoms with Crippen LogP contribution in [-0.4, -0.2) is 76.6 Å². The topological polar surface area (TPSA) is 135 Å². The van der Waals surface area contributed by atoms with Crippen molar-refractivity contribution in [2.45, 2.75) is 50.9 Å². The Balaban J connectivity index is 1.19. The normalized spacial score (nSPS) is 21.7. The van der Waals surface area contributed by atoms with Gasteiger partial charge in [0.1, 0.15) is 6.04 Å². The molecule has 2 atom stereocenters. The highest BCUT2D eigenvalue weighted by Gasteiger charge is 2.39. The van der Waals surface area contributed by atoms with Crippen LogP contribution in [0.25, 0.3) is 5.69 Å². The Labute approximate surface area is 205 Å². The molecule has 3 aromatic rings. The molecular formula is C24H24N8O4. The second-order valence-corrected chi connectivity index (χ2v) is 9.34. The van der Waals surface area contributed by atoms with E-state index in [0.29, 0.717) is 37.3 Å². The molecule has 1 unspecified atom stereocenters. The molecule has 0 radical (unpaired) electrons. The lowest BCUT2D eigenvalue weighted by Gasteiger charge is -2.29. The molecule has 0 saturated carbocycles. The van der Waals surface area contributed by atoms with Gasteiger partial charge >= 0.3 is 0 Å². The summed E-state index contributed by atoms with van der Waals surface area (Å²) in [7, 11) is 0. The van der Waals surface area contributed by atoms with Crippen LogP contribution in [0.5, 0.6) is 0 Å². The summed E-state index contributed by atoms with van der Waals surface area (Å²) in [6, 6.07) is 4.72. The molecule has 12 heteroatoms. The molecule has 184 valence electrons. The second-order valence-electron chi connectivity index (χ2n) is 9.34. The van der Waals surface area contributed by atoms with Gasteiger partial charge in [-0.25, -0.2) is 9.67 Å². The van der Waals surface area contributed by atoms with Crippen molar-refractivity contribution in [3.63, 3.8) is 0 Å². The van der Waals surface area contributed by atoms with Gasteiger partial charge in [-0.2, -0.15) is 0 Å². The highest BCUT2D eigenvalue weighted by atomic mass is 16.2. The number of imidazole rings is 1. The molecule has 0 aliphatic carbocycles. The molecule has 3 aliphatic rings. The molecule has 1 N–H and O–H groups in total. The number of nitrogens with zero attached hydrogens (tertiary/aromatic N) is 7. The van der Waals surface area contributed by atoms with Crippen molar-refractivity contribution >= 4 is 23.6 Å². The SMILES string of the molecule is O=C1CCC(N2Cc3ccc(-n4cc(C(=O)N5CCC[C@@H]5Cn5ccnc5)nn4)cc3C2=O)C(=O)N1. The van der Waals surface area contributed by atoms with Crippen molar-refractivity contribution < 1.29 is 19.2 Å². The standard InChI is InChI=1S/C24H24N8O4/c33-21-6-5-20(22(34)26-21)31-11-15-3-4-16(10-18(15)23(31)35)32-13-19(27-28-32)24(36)30-8-1-2-17(30)12-29-9-7-25-14-29/h3-4,7,9-10,13-14,17,20H,1-2,5-6,8,11-12H2,(H,26,33,34)/t17-,20?/m1/s1. The van der Waals surface area contributed by atoms with Crippen LogP contribution in [0.1, 0.15) is 52.1 Å². The van der Waals surface area contributed by atoms with Gasteiger partial charge < -0.3 is 14.4 Å². The number of likely N-dealkylation sites (tertiary alicyclic amines) is 1. The lowest BCUT2D eigenvalue weighted by atomic mass is 10.0. The fraction of sp³-hybridized carbons (Fsp3) is 0.375. The molecule has 2 saturated heterocycles. The maximum Gasteiger partial charge on any atom is 0.276 e. The van der Waals surface area contributed by atoms with Crippen LogP contribution in [0.15, 0.2) is 43.1 Å². The Morgan fingerprint density at radius 3 is 2.86 bits per heavy atom. The van der Waals surface area contributed by atoms with Gasteiger partial charge in [-0.15, -0.1) is 5.10 Å². The molecule has 5 heterocycles. The fourth-order valence-electron chi connectivity index (χ4n) is 5.25. The molecule has 6 rings (SSSR count). The van der Waals surface area contributed by atoms with Crippen LogP contribution in [-0.2, 0) is 22.7 Å². The summed E-state index contributed by atoms with van der Waals surface area (Å²) in [5.74, 6) is -1.20. The molecule has 2 aromatic heterocycles. The first kappa shape index (κ1) is 22.1. The van der Waals surface area contributed by atoms with Crippen LogP contribution in [0.3, 0.4) is 0 Å². The Morgan fingerprint density at radius 2 is 2.06 bits per heavy atom. The highest BCUT2D eigenvalue weighted by molar-refractivity contribution is 6.05. The van der Waals surface area contributed by atoms with E-state index in [1.807, 2.05) is 21.7 Å². The van der Waals surface area contributed by atoms with Gasteiger partial charge in [-0.3, -0.25) is 24.5 Å². The minimum atomic E-state index is -0.669. The third-order valence-corrected chi connectivity index (χ3v) is 7.11. The second kappa shape index (κ2) is 8.70. The number of benzene rings is 1. The number of piperidine rings is 1. The number of fused-ring (bicyclic) bond motifs is 1. The van der Waals surface area contributed by atoms with E-state index < -0.39 is 11.9 Å². The summed E-state index contributed by atoms with van der Waals surface area (Å²) in [5.41, 5.74) is 2.10. The Bertz CT molecular complexity index is 1360. The average molecular weight is 489 g/mol. The van der Waals surface area contributed by atoms with Crippen molar-refractivity contribution in [2.75, 3.05) is 6.54 Å². The highest BCUT2D eigenvalue weighted by Crippen LogP contribution is 2.29. The number of nitrogens with one attached hydrogen (secondary N) is 1. The number of amides is 4. The zero-order valence-electron chi connectivity index (χ0n) is 19.4. The van der Waals surface area contributed by atoms with E-state index in [1.165, 1.54) is 9.58 Å². The monoisotopic (exact) mass is 488 g/mol. The van der Waals surface area contributed by atoms with E-state index in [0.717, 1.165) is 18.4 Å². The van der Waals surface area contributed by atoms with E-state index in [9.17, 15) is 19.2 Å². The number of hydrogen-bond donors (Lipinski definition) is 1. The van der Waals surface area contributed by atoms with Crippen molar-refractivity contribution in [2.24, 2.45) is 0 Å². The van der Waals surface area contributed by atoms with Crippen molar-refractivity contribution in [1.29, 1.82) is 0 Å². The smallest absolute Gasteiger partial charge is 0.276 e. The summed E-state index contributed by atoms with van der Waals surface area (Å²) >= 11 is 0. The van der Waals surface area contributed by atoms with Crippen LogP contribution >= 0.6 is 0 Å². The zero-order valence-corrected chi connectivity index (χ0v) is 19.4. The van der Waals surface area contributed by atoms with Gasteiger partial charge in [0.2, 0.25) is 11.8 Å². The van der Waals surface area contributed by atoms with Crippen LogP contribution in [0.2, 0.25) is 0 Å². The van der Waals surface area contributed by atoms with Crippen LogP contribution < -0.4 is 5.32 Å². The Morgan fingerprint density at radius 1 is 1.17 bits per heavy atom. The molecule has 3 aliphatic heterocycles. The van der Waals surface area contributed by atoms with E-state index in [2.05, 4.69) is 20.6 Å². The summed E-state index contributed by atoms with van der Waals surface area (Å²) in [4.78, 5) is 57.5. The first-order valence-electron chi connectivity index (χ1n) is 11.9. The first-order valence-corrected chi connectivity index (χ1v) is 11.9. The number of aromatic nitrogens is 5. The number of imide groups is 1. The predicted octanol–water partition coefficient (Wildman–Crippen LogP) is 0.530. The molecule has 12 nitrogen and oxygen atoms in total. The summed E-state index contributed by atoms with van der Waals surface area (Å²) < 4.78 is 3.45. The minimum Gasteiger partial charge on any atom is -0.335 e. The van der Waals surface area contributed by atoms with E-state index in [4.69, 9.17) is 0 Å². The van der Waals surface area contributed by atoms with E-state index >= 15 is 0 Å². The third kappa shape index (κ3) is 3.84. The largest absolute Gasteiger partial charge is 0.335 e. The minimum absolute atomic E-state index is 0.0627. The average Bonchev–Trinajstić information content (AvgIpc) is 3.67. The zero-order chi connectivity index (χ0) is 24.8. The fourth-order valence-corrected chi connectivity index (χ4v) is 5.25. The summed E-state index contributed by atoms with van der Waals surface area (Å²) in [6.07, 6.45) is 9.28. The third-order valence-electron chi connectivity index (χ3n) is 7.11. The molecule has 1 aromatic carbocycles. The van der Waals surface area contributed by atoms with Gasteiger partial charge in [0.25, 0.3) is 11.8 Å². The van der Waals surface area contributed by atoms with Gasteiger partial charge in [0.15, 0.2) is 5.69 Å². The van der Waals surface area contributed by atoms with Gasteiger partial charge in [-0.1, -0.05) is 11.3 Å². The lowest BCUT2D eigenvalue weighted by Crippen LogP contribution is -2.52. The van der Waals surface area contributed by atoms with Crippen molar-refractivity contribution in [3.8, 4) is 5.69 Å². The van der Waals surface area contributed by atoms with Crippen LogP contribution in [0.4, 0.5) is 0 Å². The molecular weight excluding hydrogens is 464 g/mol. The number of hydrogen-bond acceptors (Lipinski definition) is 7.